The summed E-state index contributed by atoms with van der Waals surface area (Å²) in [6, 6.07) is 9.71. The van der Waals surface area contributed by atoms with Crippen LogP contribution in [0.1, 0.15) is 45.2 Å². The summed E-state index contributed by atoms with van der Waals surface area (Å²) in [5.74, 6) is 0. The van der Waals surface area contributed by atoms with Crippen LogP contribution < -0.4 is 10.6 Å². The van der Waals surface area contributed by atoms with Crippen molar-refractivity contribution in [3.05, 3.63) is 35.9 Å². The van der Waals surface area contributed by atoms with Crippen molar-refractivity contribution in [1.29, 1.82) is 0 Å². The Hall–Kier alpha value is -1.55. The number of rotatable bonds is 7. The van der Waals surface area contributed by atoms with Crippen LogP contribution in [0.5, 0.6) is 0 Å². The first kappa shape index (κ1) is 16.5. The van der Waals surface area contributed by atoms with Crippen molar-refractivity contribution in [2.75, 3.05) is 13.2 Å². The lowest BCUT2D eigenvalue weighted by Gasteiger charge is -2.21. The first-order chi connectivity index (χ1) is 9.44. The van der Waals surface area contributed by atoms with Crippen LogP contribution in [-0.2, 0) is 0 Å². The van der Waals surface area contributed by atoms with Gasteiger partial charge in [-0.3, -0.25) is 0 Å². The second-order valence-electron chi connectivity index (χ2n) is 5.96. The molecule has 0 aliphatic rings. The summed E-state index contributed by atoms with van der Waals surface area (Å²) in [4.78, 5) is 11.7. The van der Waals surface area contributed by atoms with Gasteiger partial charge in [0.05, 0.1) is 6.04 Å². The molecule has 0 saturated heterocycles. The fourth-order valence-corrected chi connectivity index (χ4v) is 1.92. The summed E-state index contributed by atoms with van der Waals surface area (Å²) >= 11 is 0. The summed E-state index contributed by atoms with van der Waals surface area (Å²) in [5, 5.41) is 14.9. The molecule has 0 spiro atoms. The quantitative estimate of drug-likeness (QED) is 0.672. The predicted molar refractivity (Wildman–Crippen MR) is 81.5 cm³/mol. The van der Waals surface area contributed by atoms with E-state index in [1.807, 2.05) is 51.1 Å². The maximum atomic E-state index is 11.7. The normalized spacial score (nSPS) is 12.8. The topological polar surface area (TPSA) is 61.4 Å². The Morgan fingerprint density at radius 1 is 1.30 bits per heavy atom. The van der Waals surface area contributed by atoms with Crippen molar-refractivity contribution >= 4 is 6.03 Å². The maximum Gasteiger partial charge on any atom is 0.315 e. The van der Waals surface area contributed by atoms with Gasteiger partial charge in [0.15, 0.2) is 0 Å². The molecule has 1 aromatic rings. The summed E-state index contributed by atoms with van der Waals surface area (Å²) < 4.78 is 0. The number of hydrogen-bond donors (Lipinski definition) is 3. The van der Waals surface area contributed by atoms with Crippen molar-refractivity contribution in [1.82, 2.24) is 10.6 Å². The molecule has 0 aromatic heterocycles. The monoisotopic (exact) mass is 278 g/mol. The molecule has 112 valence electrons. The lowest BCUT2D eigenvalue weighted by atomic mass is 9.89. The van der Waals surface area contributed by atoms with Gasteiger partial charge in [-0.1, -0.05) is 44.2 Å². The standard InChI is InChI=1S/C16H26N2O2/c1-13(14-8-5-4-6-9-14)18-15(20)17-11-7-10-16(2,3)12-19/h4-6,8-9,13,19H,7,10-12H2,1-3H3,(H2,17,18,20). The average molecular weight is 278 g/mol. The van der Waals surface area contributed by atoms with Gasteiger partial charge in [0.25, 0.3) is 0 Å². The van der Waals surface area contributed by atoms with Crippen molar-refractivity contribution in [3.63, 3.8) is 0 Å². The zero-order chi connectivity index (χ0) is 15.0. The number of aliphatic hydroxyl groups excluding tert-OH is 1. The van der Waals surface area contributed by atoms with Crippen molar-refractivity contribution in [3.8, 4) is 0 Å². The molecule has 1 atom stereocenters. The molecule has 0 aliphatic heterocycles. The lowest BCUT2D eigenvalue weighted by molar-refractivity contribution is 0.148. The van der Waals surface area contributed by atoms with E-state index in [1.54, 1.807) is 0 Å². The molecule has 1 aromatic carbocycles. The van der Waals surface area contributed by atoms with E-state index < -0.39 is 0 Å². The van der Waals surface area contributed by atoms with Gasteiger partial charge in [-0.2, -0.15) is 0 Å². The molecule has 0 saturated carbocycles. The Labute approximate surface area is 121 Å². The Morgan fingerprint density at radius 2 is 1.95 bits per heavy atom. The molecular formula is C16H26N2O2. The highest BCUT2D eigenvalue weighted by molar-refractivity contribution is 5.74. The van der Waals surface area contributed by atoms with E-state index in [4.69, 9.17) is 5.11 Å². The molecule has 4 nitrogen and oxygen atoms in total. The Balaban J connectivity index is 2.24. The van der Waals surface area contributed by atoms with Gasteiger partial charge in [-0.05, 0) is 30.7 Å². The second kappa shape index (κ2) is 7.90. The molecule has 1 rings (SSSR count). The van der Waals surface area contributed by atoms with Crippen molar-refractivity contribution < 1.29 is 9.90 Å². The maximum absolute atomic E-state index is 11.7. The van der Waals surface area contributed by atoms with Crippen LogP contribution in [0.3, 0.4) is 0 Å². The summed E-state index contributed by atoms with van der Waals surface area (Å²) in [6.45, 7) is 6.79. The SMILES string of the molecule is CC(NC(=O)NCCCC(C)(C)CO)c1ccccc1. The van der Waals surface area contributed by atoms with Crippen LogP contribution in [-0.4, -0.2) is 24.3 Å². The van der Waals surface area contributed by atoms with E-state index in [0.29, 0.717) is 6.54 Å². The predicted octanol–water partition coefficient (Wildman–Crippen LogP) is 2.85. The van der Waals surface area contributed by atoms with Crippen molar-refractivity contribution in [2.45, 2.75) is 39.7 Å². The molecule has 0 heterocycles. The fraction of sp³-hybridized carbons (Fsp3) is 0.562. The number of carbonyl (C=O) groups excluding carboxylic acids is 1. The van der Waals surface area contributed by atoms with E-state index in [-0.39, 0.29) is 24.1 Å². The Bertz CT molecular complexity index is 404. The molecule has 0 radical (unpaired) electrons. The molecule has 0 bridgehead atoms. The summed E-state index contributed by atoms with van der Waals surface area (Å²) in [5.41, 5.74) is 1.01. The third-order valence-corrected chi connectivity index (χ3v) is 3.39. The second-order valence-corrected chi connectivity index (χ2v) is 5.96. The number of benzene rings is 1. The molecule has 2 amide bonds. The van der Waals surface area contributed by atoms with Gasteiger partial charge in [0.2, 0.25) is 0 Å². The highest BCUT2D eigenvalue weighted by Gasteiger charge is 2.15. The van der Waals surface area contributed by atoms with Crippen LogP contribution in [0.15, 0.2) is 30.3 Å². The van der Waals surface area contributed by atoms with Gasteiger partial charge in [0, 0.05) is 13.2 Å². The highest BCUT2D eigenvalue weighted by Crippen LogP contribution is 2.20. The summed E-state index contributed by atoms with van der Waals surface area (Å²) in [6.07, 6.45) is 1.75. The molecular weight excluding hydrogens is 252 g/mol. The number of amides is 2. The number of carbonyl (C=O) groups is 1. The van der Waals surface area contributed by atoms with E-state index in [1.165, 1.54) is 0 Å². The molecule has 1 unspecified atom stereocenters. The summed E-state index contributed by atoms with van der Waals surface area (Å²) in [7, 11) is 0. The molecule has 0 fully saturated rings. The lowest BCUT2D eigenvalue weighted by Crippen LogP contribution is -2.37. The van der Waals surface area contributed by atoms with Crippen LogP contribution in [0, 0.1) is 5.41 Å². The van der Waals surface area contributed by atoms with E-state index >= 15 is 0 Å². The van der Waals surface area contributed by atoms with E-state index in [2.05, 4.69) is 10.6 Å². The largest absolute Gasteiger partial charge is 0.396 e. The van der Waals surface area contributed by atoms with Crippen LogP contribution in [0.4, 0.5) is 4.79 Å². The fourth-order valence-electron chi connectivity index (χ4n) is 1.92. The van der Waals surface area contributed by atoms with Gasteiger partial charge < -0.3 is 15.7 Å². The number of aliphatic hydroxyl groups is 1. The highest BCUT2D eigenvalue weighted by atomic mass is 16.3. The minimum atomic E-state index is -0.150. The number of nitrogens with one attached hydrogen (secondary N) is 2. The van der Waals surface area contributed by atoms with Gasteiger partial charge in [-0.25, -0.2) is 4.79 Å². The van der Waals surface area contributed by atoms with Gasteiger partial charge in [0.1, 0.15) is 0 Å². The molecule has 3 N–H and O–H groups in total. The average Bonchev–Trinajstić information content (AvgIpc) is 2.44. The molecule has 4 heteroatoms. The van der Waals surface area contributed by atoms with E-state index in [0.717, 1.165) is 18.4 Å². The first-order valence-electron chi connectivity index (χ1n) is 7.15. The number of urea groups is 1. The van der Waals surface area contributed by atoms with Gasteiger partial charge >= 0.3 is 6.03 Å². The zero-order valence-electron chi connectivity index (χ0n) is 12.6. The molecule has 20 heavy (non-hydrogen) atoms. The minimum Gasteiger partial charge on any atom is -0.396 e. The van der Waals surface area contributed by atoms with Crippen LogP contribution in [0.2, 0.25) is 0 Å². The smallest absolute Gasteiger partial charge is 0.315 e. The van der Waals surface area contributed by atoms with Crippen LogP contribution >= 0.6 is 0 Å². The Morgan fingerprint density at radius 3 is 2.55 bits per heavy atom. The van der Waals surface area contributed by atoms with Gasteiger partial charge in [-0.15, -0.1) is 0 Å². The third kappa shape index (κ3) is 6.06. The van der Waals surface area contributed by atoms with E-state index in [9.17, 15) is 4.79 Å². The first-order valence-corrected chi connectivity index (χ1v) is 7.15. The molecule has 0 aliphatic carbocycles. The van der Waals surface area contributed by atoms with Crippen molar-refractivity contribution in [2.24, 2.45) is 5.41 Å². The Kier molecular flexibility index (Phi) is 6.52. The minimum absolute atomic E-state index is 0.00918. The van der Waals surface area contributed by atoms with Crippen LogP contribution in [0.25, 0.3) is 0 Å². The third-order valence-electron chi connectivity index (χ3n) is 3.39. The zero-order valence-corrected chi connectivity index (χ0v) is 12.6. The number of hydrogen-bond acceptors (Lipinski definition) is 2.